The molecule has 0 radical (unpaired) electrons. The van der Waals surface area contributed by atoms with Crippen molar-refractivity contribution in [3.8, 4) is 11.4 Å². The molecule has 1 aromatic carbocycles. The Morgan fingerprint density at radius 2 is 1.97 bits per heavy atom. The second kappa shape index (κ2) is 8.27. The predicted molar refractivity (Wildman–Crippen MR) is 97.5 cm³/mol. The zero-order valence-electron chi connectivity index (χ0n) is 15.3. The number of aromatic nitrogens is 2. The van der Waals surface area contributed by atoms with Crippen molar-refractivity contribution in [3.63, 3.8) is 0 Å². The van der Waals surface area contributed by atoms with Crippen LogP contribution in [0.15, 0.2) is 35.1 Å². The Bertz CT molecular complexity index is 962. The number of amides is 1. The van der Waals surface area contributed by atoms with Crippen LogP contribution in [0.5, 0.6) is 5.75 Å². The Balaban J connectivity index is 1.90. The molecule has 0 spiro atoms. The minimum Gasteiger partial charge on any atom is -0.505 e. The van der Waals surface area contributed by atoms with Crippen molar-refractivity contribution in [3.05, 3.63) is 51.9 Å². The maximum absolute atomic E-state index is 12.6. The average Bonchev–Trinajstić information content (AvgIpc) is 2.67. The quantitative estimate of drug-likeness (QED) is 0.328. The highest BCUT2D eigenvalue weighted by atomic mass is 16.6. The molecule has 1 fully saturated rings. The summed E-state index contributed by atoms with van der Waals surface area (Å²) in [7, 11) is 0. The molecule has 1 amide bonds. The van der Waals surface area contributed by atoms with Crippen LogP contribution in [0.4, 0.5) is 0 Å². The van der Waals surface area contributed by atoms with Crippen molar-refractivity contribution in [1.82, 2.24) is 15.1 Å². The van der Waals surface area contributed by atoms with Gasteiger partial charge >= 0.3 is 0 Å². The van der Waals surface area contributed by atoms with Crippen LogP contribution in [-0.2, 0) is 4.74 Å². The molecule has 0 bridgehead atoms. The van der Waals surface area contributed by atoms with E-state index >= 15 is 0 Å². The Labute approximate surface area is 164 Å². The van der Waals surface area contributed by atoms with E-state index in [-0.39, 0.29) is 0 Å². The number of carbonyl (C=O) groups excluding carboxylic acids is 1. The topological polar surface area (TPSA) is 174 Å². The van der Waals surface area contributed by atoms with Crippen LogP contribution in [0, 0.1) is 6.92 Å². The molecular weight excluding hydrogens is 386 g/mol. The molecule has 1 aromatic heterocycles. The number of nitrogens with one attached hydrogen (secondary N) is 1. The summed E-state index contributed by atoms with van der Waals surface area (Å²) >= 11 is 0. The molecule has 2 heterocycles. The van der Waals surface area contributed by atoms with Gasteiger partial charge in [-0.25, -0.2) is 0 Å². The van der Waals surface area contributed by atoms with E-state index in [2.05, 4.69) is 10.4 Å². The number of aliphatic hydroxyl groups excluding tert-OH is 4. The molecule has 5 atom stereocenters. The van der Waals surface area contributed by atoms with Gasteiger partial charge in [-0.3, -0.25) is 9.59 Å². The summed E-state index contributed by atoms with van der Waals surface area (Å²) in [5, 5.41) is 55.2. The molecular formula is C18H21N3O8. The molecule has 0 aliphatic carbocycles. The van der Waals surface area contributed by atoms with E-state index in [4.69, 9.17) is 9.84 Å². The van der Waals surface area contributed by atoms with Crippen LogP contribution in [0.1, 0.15) is 16.1 Å². The first-order valence-corrected chi connectivity index (χ1v) is 8.74. The number of carbonyl (C=O) groups is 1. The van der Waals surface area contributed by atoms with Crippen LogP contribution in [0.25, 0.3) is 5.69 Å². The number of nitrogens with zero attached hydrogens (tertiary/aromatic N) is 2. The highest BCUT2D eigenvalue weighted by Gasteiger charge is 2.44. The number of hydrogen-bond donors (Lipinski definition) is 6. The fourth-order valence-electron chi connectivity index (χ4n) is 3.03. The lowest BCUT2D eigenvalue weighted by molar-refractivity contribution is -0.252. The molecule has 1 saturated heterocycles. The van der Waals surface area contributed by atoms with Crippen molar-refractivity contribution >= 4 is 5.91 Å². The summed E-state index contributed by atoms with van der Waals surface area (Å²) < 4.78 is 5.88. The van der Waals surface area contributed by atoms with Crippen molar-refractivity contribution in [1.29, 1.82) is 0 Å². The summed E-state index contributed by atoms with van der Waals surface area (Å²) in [4.78, 5) is 24.8. The molecule has 11 nitrogen and oxygen atoms in total. The Hall–Kier alpha value is -2.83. The average molecular weight is 407 g/mol. The zero-order chi connectivity index (χ0) is 21.3. The molecule has 1 aliphatic heterocycles. The predicted octanol–water partition coefficient (Wildman–Crippen LogP) is -2.22. The standard InChI is InChI=1S/C18H21N3O8/c1-8-3-2-4-9(5-8)21-12(24)6-10(23)13(20-21)17(27)19-14-16(26)15(25)11(7-22)29-18(14)28/h2-6,11,14-16,18,22-23,25-26,28H,7H2,1H3,(H,19,27)/t11-,14?,15?,16-,18?/m1/s1. The number of rotatable bonds is 4. The van der Waals surface area contributed by atoms with Gasteiger partial charge in [0.2, 0.25) is 0 Å². The van der Waals surface area contributed by atoms with Gasteiger partial charge in [-0.05, 0) is 24.6 Å². The van der Waals surface area contributed by atoms with Crippen molar-refractivity contribution < 1.29 is 35.1 Å². The van der Waals surface area contributed by atoms with Crippen LogP contribution in [0.2, 0.25) is 0 Å². The van der Waals surface area contributed by atoms with Crippen LogP contribution >= 0.6 is 0 Å². The van der Waals surface area contributed by atoms with Gasteiger partial charge in [0.1, 0.15) is 24.4 Å². The van der Waals surface area contributed by atoms with E-state index < -0.39 is 60.2 Å². The minimum absolute atomic E-state index is 0.367. The van der Waals surface area contributed by atoms with Crippen LogP contribution in [-0.4, -0.2) is 78.5 Å². The Kier molecular flexibility index (Phi) is 5.96. The third kappa shape index (κ3) is 4.13. The molecule has 2 aromatic rings. The van der Waals surface area contributed by atoms with Gasteiger partial charge in [-0.15, -0.1) is 0 Å². The van der Waals surface area contributed by atoms with E-state index in [9.17, 15) is 30.0 Å². The number of ether oxygens (including phenoxy) is 1. The lowest BCUT2D eigenvalue weighted by Gasteiger charge is -2.40. The Morgan fingerprint density at radius 3 is 2.62 bits per heavy atom. The molecule has 1 aliphatic rings. The molecule has 156 valence electrons. The van der Waals surface area contributed by atoms with E-state index in [1.54, 1.807) is 31.2 Å². The lowest BCUT2D eigenvalue weighted by Crippen LogP contribution is -2.64. The maximum Gasteiger partial charge on any atom is 0.276 e. The van der Waals surface area contributed by atoms with Gasteiger partial charge in [0, 0.05) is 6.07 Å². The first-order chi connectivity index (χ1) is 13.7. The smallest absolute Gasteiger partial charge is 0.276 e. The number of aromatic hydroxyl groups is 1. The summed E-state index contributed by atoms with van der Waals surface area (Å²) in [6.45, 7) is 1.15. The number of hydrogen-bond acceptors (Lipinski definition) is 9. The summed E-state index contributed by atoms with van der Waals surface area (Å²) in [5.74, 6) is -1.73. The molecule has 3 unspecified atom stereocenters. The molecule has 29 heavy (non-hydrogen) atoms. The zero-order valence-corrected chi connectivity index (χ0v) is 15.3. The summed E-state index contributed by atoms with van der Waals surface area (Å²) in [6, 6.07) is 6.08. The van der Waals surface area contributed by atoms with Gasteiger partial charge in [-0.2, -0.15) is 9.78 Å². The largest absolute Gasteiger partial charge is 0.505 e. The summed E-state index contributed by atoms with van der Waals surface area (Å²) in [6.07, 6.45) is -6.21. The number of aliphatic hydroxyl groups is 4. The van der Waals surface area contributed by atoms with E-state index in [0.29, 0.717) is 5.69 Å². The van der Waals surface area contributed by atoms with Crippen molar-refractivity contribution in [2.75, 3.05) is 6.61 Å². The van der Waals surface area contributed by atoms with Crippen LogP contribution < -0.4 is 10.9 Å². The number of benzene rings is 1. The van der Waals surface area contributed by atoms with Gasteiger partial charge in [0.05, 0.1) is 12.3 Å². The third-order valence-corrected chi connectivity index (χ3v) is 4.57. The van der Waals surface area contributed by atoms with E-state index in [0.717, 1.165) is 16.3 Å². The molecule has 6 N–H and O–H groups in total. The fourth-order valence-corrected chi connectivity index (χ4v) is 3.03. The second-order valence-electron chi connectivity index (χ2n) is 6.70. The number of aryl methyl sites for hydroxylation is 1. The van der Waals surface area contributed by atoms with Gasteiger partial charge < -0.3 is 35.6 Å². The molecule has 11 heteroatoms. The monoisotopic (exact) mass is 407 g/mol. The van der Waals surface area contributed by atoms with E-state index in [1.165, 1.54) is 0 Å². The normalized spacial score (nSPS) is 26.9. The van der Waals surface area contributed by atoms with Crippen LogP contribution in [0.3, 0.4) is 0 Å². The van der Waals surface area contributed by atoms with Crippen molar-refractivity contribution in [2.45, 2.75) is 37.6 Å². The SMILES string of the molecule is Cc1cccc(-n2nc(C(=O)NC3C(O)O[C@H](CO)C(O)[C@@H]3O)c(O)cc2=O)c1. The highest BCUT2D eigenvalue weighted by Crippen LogP contribution is 2.21. The van der Waals surface area contributed by atoms with Gasteiger partial charge in [0.15, 0.2) is 17.7 Å². The molecule has 3 rings (SSSR count). The maximum atomic E-state index is 12.6. The first kappa shape index (κ1) is 20.9. The third-order valence-electron chi connectivity index (χ3n) is 4.57. The highest BCUT2D eigenvalue weighted by molar-refractivity contribution is 5.94. The first-order valence-electron chi connectivity index (χ1n) is 8.74. The van der Waals surface area contributed by atoms with E-state index in [1.807, 2.05) is 0 Å². The van der Waals surface area contributed by atoms with Gasteiger partial charge in [0.25, 0.3) is 11.5 Å². The van der Waals surface area contributed by atoms with Gasteiger partial charge in [-0.1, -0.05) is 12.1 Å². The lowest BCUT2D eigenvalue weighted by atomic mass is 9.97. The minimum atomic E-state index is -1.74. The Morgan fingerprint density at radius 1 is 1.24 bits per heavy atom. The second-order valence-corrected chi connectivity index (χ2v) is 6.70. The van der Waals surface area contributed by atoms with Crippen molar-refractivity contribution in [2.24, 2.45) is 0 Å². The fraction of sp³-hybridized carbons (Fsp3) is 0.389. The molecule has 0 saturated carbocycles. The summed E-state index contributed by atoms with van der Waals surface area (Å²) in [5.41, 5.74) is -0.00386.